The van der Waals surface area contributed by atoms with Crippen molar-refractivity contribution in [2.24, 2.45) is 0 Å². The van der Waals surface area contributed by atoms with Crippen LogP contribution in [-0.4, -0.2) is 58.5 Å². The van der Waals surface area contributed by atoms with E-state index < -0.39 is 23.8 Å². The summed E-state index contributed by atoms with van der Waals surface area (Å²) in [6, 6.07) is 5.78. The maximum absolute atomic E-state index is 14.1. The second kappa shape index (κ2) is 13.0. The molecule has 0 bridgehead atoms. The van der Waals surface area contributed by atoms with Gasteiger partial charge in [0.05, 0.1) is 0 Å². The Balaban J connectivity index is 2.48. The van der Waals surface area contributed by atoms with Crippen molar-refractivity contribution >= 4 is 35.7 Å². The monoisotopic (exact) mass is 503 g/mol. The van der Waals surface area contributed by atoms with Gasteiger partial charge in [-0.05, 0) is 89.5 Å². The van der Waals surface area contributed by atoms with Crippen molar-refractivity contribution in [2.75, 3.05) is 12.0 Å². The molecule has 0 spiro atoms. The zero-order chi connectivity index (χ0) is 26.2. The Labute approximate surface area is 214 Å². The second-order valence-electron chi connectivity index (χ2n) is 10.3. The average molecular weight is 504 g/mol. The molecule has 0 saturated heterocycles. The lowest BCUT2D eigenvalue weighted by Crippen LogP contribution is -2.58. The number of hydrogen-bond donors (Lipinski definition) is 2. The summed E-state index contributed by atoms with van der Waals surface area (Å²) in [7, 11) is 0. The molecule has 7 nitrogen and oxygen atoms in total. The first-order valence-electron chi connectivity index (χ1n) is 12.3. The number of amides is 3. The van der Waals surface area contributed by atoms with E-state index in [-0.39, 0.29) is 23.9 Å². The molecule has 2 rings (SSSR count). The summed E-state index contributed by atoms with van der Waals surface area (Å²) < 4.78 is 5.44. The molecular formula is C27H41N3O4S. The van der Waals surface area contributed by atoms with E-state index in [1.54, 1.807) is 43.5 Å². The van der Waals surface area contributed by atoms with Crippen molar-refractivity contribution in [1.29, 1.82) is 0 Å². The Morgan fingerprint density at radius 2 is 1.91 bits per heavy atom. The lowest BCUT2D eigenvalue weighted by atomic mass is 9.87. The van der Waals surface area contributed by atoms with Gasteiger partial charge in [-0.15, -0.1) is 0 Å². The van der Waals surface area contributed by atoms with Crippen molar-refractivity contribution in [3.8, 4) is 0 Å². The van der Waals surface area contributed by atoms with Crippen LogP contribution >= 0.6 is 11.8 Å². The maximum atomic E-state index is 14.1. The highest BCUT2D eigenvalue weighted by atomic mass is 32.2. The van der Waals surface area contributed by atoms with E-state index in [1.165, 1.54) is 0 Å². The number of hydrogen-bond acceptors (Lipinski definition) is 5. The molecule has 1 aromatic carbocycles. The topological polar surface area (TPSA) is 87.7 Å². The largest absolute Gasteiger partial charge is 0.444 e. The fourth-order valence-electron chi connectivity index (χ4n) is 3.96. The summed E-state index contributed by atoms with van der Waals surface area (Å²) >= 11 is 1.60. The van der Waals surface area contributed by atoms with Gasteiger partial charge in [0.15, 0.2) is 0 Å². The Morgan fingerprint density at radius 1 is 1.23 bits per heavy atom. The zero-order valence-electron chi connectivity index (χ0n) is 21.9. The molecule has 1 aliphatic rings. The van der Waals surface area contributed by atoms with Crippen molar-refractivity contribution in [3.05, 3.63) is 42.0 Å². The number of carbonyl (C=O) groups excluding carboxylic acids is 3. The summed E-state index contributed by atoms with van der Waals surface area (Å²) in [5.74, 6) is 0.185. The summed E-state index contributed by atoms with van der Waals surface area (Å²) in [6.07, 6.45) is 6.12. The minimum absolute atomic E-state index is 0.0741. The van der Waals surface area contributed by atoms with Gasteiger partial charge in [-0.1, -0.05) is 30.9 Å². The molecule has 8 heteroatoms. The van der Waals surface area contributed by atoms with Crippen LogP contribution in [0.5, 0.6) is 0 Å². The third-order valence-corrected chi connectivity index (χ3v) is 6.39. The SMILES string of the molecule is C=Cc1cccc(C(C(=O)NC(C)C)N(C(=O)C(CCSC)NC(=O)OC(C)(C)C)C2CCC2)c1. The number of benzene rings is 1. The third kappa shape index (κ3) is 8.60. The van der Waals surface area contributed by atoms with Gasteiger partial charge in [0.25, 0.3) is 0 Å². The summed E-state index contributed by atoms with van der Waals surface area (Å²) in [6.45, 7) is 13.0. The van der Waals surface area contributed by atoms with Crippen molar-refractivity contribution in [1.82, 2.24) is 15.5 Å². The van der Waals surface area contributed by atoms with E-state index in [0.29, 0.717) is 12.2 Å². The molecule has 0 aromatic heterocycles. The van der Waals surface area contributed by atoms with E-state index in [9.17, 15) is 14.4 Å². The number of thioether (sulfide) groups is 1. The minimum atomic E-state index is -0.813. The zero-order valence-corrected chi connectivity index (χ0v) is 22.7. The predicted octanol–water partition coefficient (Wildman–Crippen LogP) is 4.92. The quantitative estimate of drug-likeness (QED) is 0.447. The molecule has 3 amide bonds. The van der Waals surface area contributed by atoms with Crippen LogP contribution in [0.3, 0.4) is 0 Å². The van der Waals surface area contributed by atoms with E-state index in [1.807, 2.05) is 44.4 Å². The van der Waals surface area contributed by atoms with Crippen molar-refractivity contribution in [2.45, 2.75) is 90.1 Å². The fraction of sp³-hybridized carbons (Fsp3) is 0.593. The number of carbonyl (C=O) groups is 3. The highest BCUT2D eigenvalue weighted by Crippen LogP contribution is 2.34. The molecule has 0 heterocycles. The van der Waals surface area contributed by atoms with Crippen LogP contribution in [0.2, 0.25) is 0 Å². The van der Waals surface area contributed by atoms with E-state index in [2.05, 4.69) is 17.2 Å². The average Bonchev–Trinajstić information content (AvgIpc) is 2.72. The number of nitrogens with one attached hydrogen (secondary N) is 2. The van der Waals surface area contributed by atoms with Gasteiger partial charge >= 0.3 is 6.09 Å². The van der Waals surface area contributed by atoms with Gasteiger partial charge in [0, 0.05) is 12.1 Å². The fourth-order valence-corrected chi connectivity index (χ4v) is 4.43. The van der Waals surface area contributed by atoms with Crippen LogP contribution in [0.25, 0.3) is 6.08 Å². The summed E-state index contributed by atoms with van der Waals surface area (Å²) in [5.41, 5.74) is 0.911. The Kier molecular flexibility index (Phi) is 10.7. The van der Waals surface area contributed by atoms with Crippen LogP contribution in [0.1, 0.15) is 77.5 Å². The van der Waals surface area contributed by atoms with Gasteiger partial charge in [0.2, 0.25) is 11.8 Å². The number of ether oxygens (including phenoxy) is 1. The van der Waals surface area contributed by atoms with Gasteiger partial charge in [0.1, 0.15) is 17.7 Å². The third-order valence-electron chi connectivity index (χ3n) is 5.74. The first kappa shape index (κ1) is 28.8. The molecular weight excluding hydrogens is 462 g/mol. The highest BCUT2D eigenvalue weighted by Gasteiger charge is 2.42. The molecule has 35 heavy (non-hydrogen) atoms. The molecule has 194 valence electrons. The molecule has 0 aliphatic heterocycles. The van der Waals surface area contributed by atoms with Gasteiger partial charge in [-0.25, -0.2) is 4.79 Å². The Hall–Kier alpha value is -2.48. The normalized spacial score (nSPS) is 15.5. The van der Waals surface area contributed by atoms with Crippen LogP contribution in [0.15, 0.2) is 30.8 Å². The molecule has 2 atom stereocenters. The van der Waals surface area contributed by atoms with E-state index in [0.717, 1.165) is 30.4 Å². The first-order valence-corrected chi connectivity index (χ1v) is 13.7. The molecule has 2 N–H and O–H groups in total. The molecule has 1 aliphatic carbocycles. The highest BCUT2D eigenvalue weighted by molar-refractivity contribution is 7.98. The molecule has 1 fully saturated rings. The Bertz CT molecular complexity index is 893. The number of alkyl carbamates (subject to hydrolysis) is 1. The van der Waals surface area contributed by atoms with Crippen LogP contribution in [-0.2, 0) is 14.3 Å². The van der Waals surface area contributed by atoms with Crippen LogP contribution < -0.4 is 10.6 Å². The second-order valence-corrected chi connectivity index (χ2v) is 11.2. The molecule has 1 aromatic rings. The maximum Gasteiger partial charge on any atom is 0.408 e. The number of nitrogens with zero attached hydrogens (tertiary/aromatic N) is 1. The molecule has 1 saturated carbocycles. The first-order chi connectivity index (χ1) is 16.5. The Morgan fingerprint density at radius 3 is 2.43 bits per heavy atom. The smallest absolute Gasteiger partial charge is 0.408 e. The molecule has 0 radical (unpaired) electrons. The van der Waals surface area contributed by atoms with E-state index >= 15 is 0 Å². The number of rotatable bonds is 11. The lowest BCUT2D eigenvalue weighted by molar-refractivity contribution is -0.147. The summed E-state index contributed by atoms with van der Waals surface area (Å²) in [4.78, 5) is 41.9. The lowest BCUT2D eigenvalue weighted by Gasteiger charge is -2.43. The molecule has 2 unspecified atom stereocenters. The minimum Gasteiger partial charge on any atom is -0.444 e. The standard InChI is InChI=1S/C27H41N3O4S/c1-8-19-11-9-12-20(17-19)23(24(31)28-18(2)3)30(21-13-10-14-21)25(32)22(15-16-35-7)29-26(33)34-27(4,5)6/h8-9,11-12,17-18,21-23H,1,10,13-16H2,2-7H3,(H,28,31)(H,29,33). The van der Waals surface area contributed by atoms with Gasteiger partial charge in [-0.3, -0.25) is 9.59 Å². The van der Waals surface area contributed by atoms with Gasteiger partial charge in [-0.2, -0.15) is 11.8 Å². The van der Waals surface area contributed by atoms with Crippen molar-refractivity contribution < 1.29 is 19.1 Å². The van der Waals surface area contributed by atoms with Gasteiger partial charge < -0.3 is 20.3 Å². The predicted molar refractivity (Wildman–Crippen MR) is 143 cm³/mol. The van der Waals surface area contributed by atoms with Crippen molar-refractivity contribution in [3.63, 3.8) is 0 Å². The van der Waals surface area contributed by atoms with E-state index in [4.69, 9.17) is 4.74 Å². The van der Waals surface area contributed by atoms with Crippen LogP contribution in [0.4, 0.5) is 4.79 Å². The summed E-state index contributed by atoms with van der Waals surface area (Å²) in [5, 5.41) is 5.78. The van der Waals surface area contributed by atoms with Crippen LogP contribution in [0, 0.1) is 0 Å².